The van der Waals surface area contributed by atoms with Crippen molar-refractivity contribution in [1.82, 2.24) is 4.90 Å². The zero-order chi connectivity index (χ0) is 20.1. The highest BCUT2D eigenvalue weighted by Crippen LogP contribution is 2.36. The van der Waals surface area contributed by atoms with Gasteiger partial charge in [-0.2, -0.15) is 0 Å². The summed E-state index contributed by atoms with van der Waals surface area (Å²) in [6.07, 6.45) is 4.16. The molecule has 0 heterocycles. The number of carbonyl (C=O) groups is 1. The molecule has 1 aliphatic carbocycles. The summed E-state index contributed by atoms with van der Waals surface area (Å²) >= 11 is 0. The number of benzene rings is 2. The molecule has 0 saturated carbocycles. The predicted octanol–water partition coefficient (Wildman–Crippen LogP) is 3.22. The van der Waals surface area contributed by atoms with Gasteiger partial charge in [0.15, 0.2) is 11.5 Å². The molecule has 0 fully saturated rings. The van der Waals surface area contributed by atoms with Crippen LogP contribution >= 0.6 is 0 Å². The van der Waals surface area contributed by atoms with E-state index in [2.05, 4.69) is 24.0 Å². The Morgan fingerprint density at radius 2 is 1.61 bits per heavy atom. The first kappa shape index (κ1) is 20.2. The second-order valence-electron chi connectivity index (χ2n) is 7.39. The van der Waals surface area contributed by atoms with Crippen LogP contribution in [0.25, 0.3) is 0 Å². The molecule has 150 valence electrons. The molecule has 0 radical (unpaired) electrons. The van der Waals surface area contributed by atoms with Crippen LogP contribution in [0.3, 0.4) is 0 Å². The summed E-state index contributed by atoms with van der Waals surface area (Å²) in [5.41, 5.74) is 9.82. The number of nitrogens with zero attached hydrogens (tertiary/aromatic N) is 1. The number of amides is 1. The van der Waals surface area contributed by atoms with Gasteiger partial charge in [-0.05, 0) is 73.2 Å². The average molecular weight is 383 g/mol. The topological polar surface area (TPSA) is 64.8 Å². The van der Waals surface area contributed by atoms with Crippen molar-refractivity contribution in [3.05, 3.63) is 58.7 Å². The Hall–Kier alpha value is -2.53. The van der Waals surface area contributed by atoms with Gasteiger partial charge in [-0.25, -0.2) is 0 Å². The molecule has 1 aliphatic rings. The van der Waals surface area contributed by atoms with Crippen LogP contribution in [0.1, 0.15) is 40.4 Å². The second-order valence-corrected chi connectivity index (χ2v) is 7.39. The lowest BCUT2D eigenvalue weighted by Gasteiger charge is -2.28. The van der Waals surface area contributed by atoms with E-state index in [1.807, 2.05) is 24.3 Å². The molecule has 5 nitrogen and oxygen atoms in total. The SMILES string of the molecule is CCCN(CCc1ccc(C(N)=O)cc1)C1Cc2cc(OC)c(OC)cc2C1. The summed E-state index contributed by atoms with van der Waals surface area (Å²) < 4.78 is 10.9. The lowest BCUT2D eigenvalue weighted by Crippen LogP contribution is -2.38. The van der Waals surface area contributed by atoms with Gasteiger partial charge in [0.1, 0.15) is 0 Å². The lowest BCUT2D eigenvalue weighted by atomic mass is 10.1. The molecule has 28 heavy (non-hydrogen) atoms. The molecule has 3 rings (SSSR count). The fourth-order valence-electron chi connectivity index (χ4n) is 4.05. The fraction of sp³-hybridized carbons (Fsp3) is 0.435. The van der Waals surface area contributed by atoms with E-state index in [-0.39, 0.29) is 5.91 Å². The van der Waals surface area contributed by atoms with Crippen molar-refractivity contribution >= 4 is 5.91 Å². The Bertz CT molecular complexity index is 784. The van der Waals surface area contributed by atoms with Crippen LogP contribution in [-0.2, 0) is 19.3 Å². The van der Waals surface area contributed by atoms with Crippen molar-refractivity contribution in [3.8, 4) is 11.5 Å². The zero-order valence-electron chi connectivity index (χ0n) is 17.0. The highest BCUT2D eigenvalue weighted by atomic mass is 16.5. The Labute approximate surface area is 167 Å². The van der Waals surface area contributed by atoms with E-state index >= 15 is 0 Å². The number of methoxy groups -OCH3 is 2. The van der Waals surface area contributed by atoms with E-state index < -0.39 is 0 Å². The Kier molecular flexibility index (Phi) is 6.57. The standard InChI is InChI=1S/C23H30N2O3/c1-4-10-25(11-9-16-5-7-17(8-6-16)23(24)26)20-12-18-14-21(27-2)22(28-3)15-19(18)13-20/h5-8,14-15,20H,4,9-13H2,1-3H3,(H2,24,26). The maximum Gasteiger partial charge on any atom is 0.248 e. The molecular weight excluding hydrogens is 352 g/mol. The van der Waals surface area contributed by atoms with E-state index in [4.69, 9.17) is 15.2 Å². The van der Waals surface area contributed by atoms with Gasteiger partial charge >= 0.3 is 0 Å². The van der Waals surface area contributed by atoms with Crippen molar-refractivity contribution in [1.29, 1.82) is 0 Å². The van der Waals surface area contributed by atoms with Gasteiger partial charge in [0.05, 0.1) is 14.2 Å². The zero-order valence-corrected chi connectivity index (χ0v) is 17.0. The summed E-state index contributed by atoms with van der Waals surface area (Å²) in [6, 6.07) is 12.4. The molecule has 2 aromatic rings. The number of primary amides is 1. The average Bonchev–Trinajstić information content (AvgIpc) is 3.12. The van der Waals surface area contributed by atoms with E-state index in [0.717, 1.165) is 50.3 Å². The van der Waals surface area contributed by atoms with E-state index in [1.165, 1.54) is 16.7 Å². The summed E-state index contributed by atoms with van der Waals surface area (Å²) in [6.45, 7) is 4.30. The number of hydrogen-bond donors (Lipinski definition) is 1. The van der Waals surface area contributed by atoms with Crippen molar-refractivity contribution in [3.63, 3.8) is 0 Å². The Morgan fingerprint density at radius 1 is 1.04 bits per heavy atom. The van der Waals surface area contributed by atoms with Gasteiger partial charge in [-0.1, -0.05) is 19.1 Å². The molecular formula is C23H30N2O3. The van der Waals surface area contributed by atoms with Crippen molar-refractivity contribution in [2.75, 3.05) is 27.3 Å². The predicted molar refractivity (Wildman–Crippen MR) is 111 cm³/mol. The molecule has 0 atom stereocenters. The van der Waals surface area contributed by atoms with Gasteiger partial charge < -0.3 is 15.2 Å². The van der Waals surface area contributed by atoms with Crippen molar-refractivity contribution in [2.24, 2.45) is 5.73 Å². The summed E-state index contributed by atoms with van der Waals surface area (Å²) in [5.74, 6) is 1.23. The van der Waals surface area contributed by atoms with Crippen molar-refractivity contribution < 1.29 is 14.3 Å². The largest absolute Gasteiger partial charge is 0.493 e. The molecule has 0 spiro atoms. The Morgan fingerprint density at radius 3 is 2.07 bits per heavy atom. The minimum atomic E-state index is -0.381. The smallest absolute Gasteiger partial charge is 0.248 e. The van der Waals surface area contributed by atoms with Crippen LogP contribution in [0.2, 0.25) is 0 Å². The third-order valence-electron chi connectivity index (χ3n) is 5.57. The minimum Gasteiger partial charge on any atom is -0.493 e. The number of hydrogen-bond acceptors (Lipinski definition) is 4. The number of fused-ring (bicyclic) bond motifs is 1. The van der Waals surface area contributed by atoms with Crippen LogP contribution in [0.15, 0.2) is 36.4 Å². The summed E-state index contributed by atoms with van der Waals surface area (Å²) in [7, 11) is 3.37. The maximum absolute atomic E-state index is 11.2. The van der Waals surface area contributed by atoms with Gasteiger partial charge in [0.25, 0.3) is 0 Å². The number of nitrogens with two attached hydrogens (primary N) is 1. The monoisotopic (exact) mass is 382 g/mol. The third-order valence-corrected chi connectivity index (χ3v) is 5.57. The first-order valence-corrected chi connectivity index (χ1v) is 9.92. The number of rotatable bonds is 9. The molecule has 0 aromatic heterocycles. The number of carbonyl (C=O) groups excluding carboxylic acids is 1. The highest BCUT2D eigenvalue weighted by Gasteiger charge is 2.28. The van der Waals surface area contributed by atoms with E-state index in [9.17, 15) is 4.79 Å². The van der Waals surface area contributed by atoms with Crippen LogP contribution in [0, 0.1) is 0 Å². The first-order valence-electron chi connectivity index (χ1n) is 9.92. The quantitative estimate of drug-likeness (QED) is 0.723. The van der Waals surface area contributed by atoms with Crippen LogP contribution in [-0.4, -0.2) is 44.2 Å². The molecule has 0 saturated heterocycles. The molecule has 0 aliphatic heterocycles. The normalized spacial score (nSPS) is 13.6. The minimum absolute atomic E-state index is 0.381. The molecule has 0 bridgehead atoms. The third kappa shape index (κ3) is 4.47. The molecule has 5 heteroatoms. The lowest BCUT2D eigenvalue weighted by molar-refractivity contribution is 0.100. The maximum atomic E-state index is 11.2. The molecule has 0 unspecified atom stereocenters. The number of ether oxygens (including phenoxy) is 2. The van der Waals surface area contributed by atoms with Gasteiger partial charge in [0.2, 0.25) is 5.91 Å². The van der Waals surface area contributed by atoms with Crippen molar-refractivity contribution in [2.45, 2.75) is 38.6 Å². The van der Waals surface area contributed by atoms with Gasteiger partial charge in [0, 0.05) is 18.2 Å². The summed E-state index contributed by atoms with van der Waals surface area (Å²) in [5, 5.41) is 0. The molecule has 1 amide bonds. The van der Waals surface area contributed by atoms with E-state index in [1.54, 1.807) is 14.2 Å². The fourth-order valence-corrected chi connectivity index (χ4v) is 4.05. The van der Waals surface area contributed by atoms with Crippen LogP contribution < -0.4 is 15.2 Å². The van der Waals surface area contributed by atoms with Gasteiger partial charge in [-0.3, -0.25) is 9.69 Å². The highest BCUT2D eigenvalue weighted by molar-refractivity contribution is 5.92. The van der Waals surface area contributed by atoms with E-state index in [0.29, 0.717) is 11.6 Å². The Balaban J connectivity index is 1.67. The molecule has 2 aromatic carbocycles. The summed E-state index contributed by atoms with van der Waals surface area (Å²) in [4.78, 5) is 13.8. The second kappa shape index (κ2) is 9.11. The van der Waals surface area contributed by atoms with Gasteiger partial charge in [-0.15, -0.1) is 0 Å². The first-order chi connectivity index (χ1) is 13.5. The molecule has 2 N–H and O–H groups in total. The van der Waals surface area contributed by atoms with Crippen LogP contribution in [0.5, 0.6) is 11.5 Å². The van der Waals surface area contributed by atoms with Crippen LogP contribution in [0.4, 0.5) is 0 Å².